The summed E-state index contributed by atoms with van der Waals surface area (Å²) in [5.74, 6) is -0.0684. The zero-order chi connectivity index (χ0) is 8.27. The number of carbonyl (C=O) groups is 1. The van der Waals surface area contributed by atoms with E-state index in [2.05, 4.69) is 21.5 Å². The largest absolute Gasteiger partial charge is 0.304 e. The van der Waals surface area contributed by atoms with Crippen LogP contribution in [0.2, 0.25) is 0 Å². The first-order chi connectivity index (χ1) is 5.20. The number of rotatable bonds is 2. The van der Waals surface area contributed by atoms with Gasteiger partial charge in [0.15, 0.2) is 5.82 Å². The Morgan fingerprint density at radius 3 is 3.00 bits per heavy atom. The van der Waals surface area contributed by atoms with Crippen molar-refractivity contribution in [2.45, 2.75) is 0 Å². The fourth-order valence-electron chi connectivity index (χ4n) is 0.403. The Morgan fingerprint density at radius 1 is 1.82 bits per heavy atom. The molecule has 0 aliphatic rings. The number of hydrogen-bond donors (Lipinski definition) is 1. The molecule has 0 radical (unpaired) electrons. The molecule has 1 aromatic heterocycles. The molecular weight excluding hydrogens is 186 g/mol. The second-order valence-electron chi connectivity index (χ2n) is 1.65. The van der Waals surface area contributed by atoms with Crippen LogP contribution in [0.5, 0.6) is 0 Å². The minimum absolute atomic E-state index is 0.0713. The van der Waals surface area contributed by atoms with Gasteiger partial charge in [-0.05, 0) is 11.5 Å². The average Bonchev–Trinajstić information content (AvgIpc) is 2.39. The van der Waals surface area contributed by atoms with E-state index in [1.807, 2.05) is 0 Å². The van der Waals surface area contributed by atoms with E-state index < -0.39 is 5.91 Å². The number of aromatic nitrogens is 2. The number of halogens is 1. The van der Waals surface area contributed by atoms with E-state index in [9.17, 15) is 4.79 Å². The molecule has 11 heavy (non-hydrogen) atoms. The van der Waals surface area contributed by atoms with Crippen LogP contribution >= 0.6 is 23.1 Å². The third-order valence-corrected chi connectivity index (χ3v) is 1.52. The Bertz CT molecular complexity index is 271. The van der Waals surface area contributed by atoms with Crippen LogP contribution in [-0.4, -0.2) is 15.5 Å². The molecule has 1 heterocycles. The summed E-state index contributed by atoms with van der Waals surface area (Å²) in [7, 11) is 0. The van der Waals surface area contributed by atoms with Crippen molar-refractivity contribution in [3.8, 4) is 0 Å². The van der Waals surface area contributed by atoms with Gasteiger partial charge in [0.25, 0.3) is 5.91 Å². The normalized spacial score (nSPS) is 9.18. The first kappa shape index (κ1) is 8.16. The van der Waals surface area contributed by atoms with Gasteiger partial charge < -0.3 is 5.32 Å². The van der Waals surface area contributed by atoms with Gasteiger partial charge in [0.2, 0.25) is 0 Å². The summed E-state index contributed by atoms with van der Waals surface area (Å²) >= 11 is 6.44. The summed E-state index contributed by atoms with van der Waals surface area (Å²) in [4.78, 5) is 10.8. The number of nitrogens with one attached hydrogen (secondary N) is 1. The molecule has 0 aliphatic heterocycles. The lowest BCUT2D eigenvalue weighted by Crippen LogP contribution is -2.10. The third-order valence-electron chi connectivity index (χ3n) is 0.848. The molecular formula is C5H4ClN3OS. The van der Waals surface area contributed by atoms with Crippen LogP contribution in [0.15, 0.2) is 17.0 Å². The van der Waals surface area contributed by atoms with Gasteiger partial charge in [0, 0.05) is 0 Å². The predicted octanol–water partition coefficient (Wildman–Crippen LogP) is 1.23. The van der Waals surface area contributed by atoms with Crippen molar-refractivity contribution < 1.29 is 4.79 Å². The highest BCUT2D eigenvalue weighted by Gasteiger charge is 2.04. The molecule has 0 saturated carbocycles. The van der Waals surface area contributed by atoms with Gasteiger partial charge in [-0.25, -0.2) is 0 Å². The van der Waals surface area contributed by atoms with Crippen LogP contribution in [0.1, 0.15) is 0 Å². The summed E-state index contributed by atoms with van der Waals surface area (Å²) < 4.78 is 3.54. The van der Waals surface area contributed by atoms with Crippen molar-refractivity contribution in [1.29, 1.82) is 0 Å². The third kappa shape index (κ3) is 2.28. The van der Waals surface area contributed by atoms with Crippen molar-refractivity contribution in [2.75, 3.05) is 5.32 Å². The minimum Gasteiger partial charge on any atom is -0.304 e. The topological polar surface area (TPSA) is 54.9 Å². The molecule has 4 nitrogen and oxygen atoms in total. The van der Waals surface area contributed by atoms with Crippen molar-refractivity contribution in [3.63, 3.8) is 0 Å². The Kier molecular flexibility index (Phi) is 2.56. The molecule has 58 valence electrons. The van der Waals surface area contributed by atoms with E-state index in [-0.39, 0.29) is 5.03 Å². The first-order valence-corrected chi connectivity index (χ1v) is 3.84. The molecule has 1 amide bonds. The number of nitrogens with zero attached hydrogens (tertiary/aromatic N) is 2. The molecule has 0 aromatic carbocycles. The van der Waals surface area contributed by atoms with E-state index in [1.54, 1.807) is 5.38 Å². The number of anilines is 1. The summed E-state index contributed by atoms with van der Waals surface area (Å²) in [5, 5.41) is 7.49. The van der Waals surface area contributed by atoms with Crippen molar-refractivity contribution in [2.24, 2.45) is 0 Å². The van der Waals surface area contributed by atoms with E-state index in [0.29, 0.717) is 5.82 Å². The molecule has 1 N–H and O–H groups in total. The molecule has 0 atom stereocenters. The van der Waals surface area contributed by atoms with Gasteiger partial charge in [0.05, 0.1) is 10.4 Å². The highest BCUT2D eigenvalue weighted by atomic mass is 35.5. The second-order valence-corrected chi connectivity index (χ2v) is 2.72. The molecule has 0 bridgehead atoms. The maximum absolute atomic E-state index is 10.8. The van der Waals surface area contributed by atoms with Crippen molar-refractivity contribution >= 4 is 34.9 Å². The SMILES string of the molecule is C=C(Cl)C(=O)Nc1csnn1. The number of amides is 1. The lowest BCUT2D eigenvalue weighted by Gasteiger charge is -1.95. The lowest BCUT2D eigenvalue weighted by atomic mass is 10.5. The fourth-order valence-corrected chi connectivity index (χ4v) is 0.839. The molecule has 1 rings (SSSR count). The average molecular weight is 190 g/mol. The standard InChI is InChI=1S/C5H4ClN3OS/c1-3(6)5(10)7-4-2-11-9-8-4/h2H,1H2,(H,7,10). The summed E-state index contributed by atoms with van der Waals surface area (Å²) in [6.45, 7) is 3.24. The molecule has 1 aromatic rings. The Balaban J connectivity index is 2.57. The predicted molar refractivity (Wildman–Crippen MR) is 43.5 cm³/mol. The van der Waals surface area contributed by atoms with Gasteiger partial charge in [-0.2, -0.15) is 0 Å². The van der Waals surface area contributed by atoms with Crippen LogP contribution in [0, 0.1) is 0 Å². The van der Waals surface area contributed by atoms with E-state index in [1.165, 1.54) is 0 Å². The Morgan fingerprint density at radius 2 is 2.55 bits per heavy atom. The highest BCUT2D eigenvalue weighted by molar-refractivity contribution is 7.03. The first-order valence-electron chi connectivity index (χ1n) is 2.63. The van der Waals surface area contributed by atoms with Crippen LogP contribution in [0.25, 0.3) is 0 Å². The zero-order valence-corrected chi connectivity index (χ0v) is 6.95. The summed E-state index contributed by atoms with van der Waals surface area (Å²) in [6, 6.07) is 0. The summed E-state index contributed by atoms with van der Waals surface area (Å²) in [6.07, 6.45) is 0. The number of hydrogen-bond acceptors (Lipinski definition) is 4. The van der Waals surface area contributed by atoms with E-state index in [4.69, 9.17) is 11.6 Å². The van der Waals surface area contributed by atoms with Gasteiger partial charge in [-0.1, -0.05) is 22.7 Å². The van der Waals surface area contributed by atoms with Crippen LogP contribution in [-0.2, 0) is 4.79 Å². The molecule has 0 aliphatic carbocycles. The maximum Gasteiger partial charge on any atom is 0.267 e. The van der Waals surface area contributed by atoms with Crippen molar-refractivity contribution in [3.05, 3.63) is 17.0 Å². The van der Waals surface area contributed by atoms with Crippen LogP contribution in [0.4, 0.5) is 5.82 Å². The lowest BCUT2D eigenvalue weighted by molar-refractivity contribution is -0.112. The molecule has 0 saturated heterocycles. The Hall–Kier alpha value is -0.940. The zero-order valence-electron chi connectivity index (χ0n) is 5.37. The number of carbonyl (C=O) groups excluding carboxylic acids is 1. The molecule has 0 unspecified atom stereocenters. The van der Waals surface area contributed by atoms with Gasteiger partial charge in [-0.15, -0.1) is 5.10 Å². The van der Waals surface area contributed by atoms with E-state index >= 15 is 0 Å². The molecule has 6 heteroatoms. The fraction of sp³-hybridized carbons (Fsp3) is 0. The monoisotopic (exact) mass is 189 g/mol. The van der Waals surface area contributed by atoms with Crippen LogP contribution in [0.3, 0.4) is 0 Å². The van der Waals surface area contributed by atoms with Gasteiger partial charge >= 0.3 is 0 Å². The highest BCUT2D eigenvalue weighted by Crippen LogP contribution is 2.06. The van der Waals surface area contributed by atoms with Crippen molar-refractivity contribution in [1.82, 2.24) is 9.59 Å². The summed E-state index contributed by atoms with van der Waals surface area (Å²) in [5.41, 5.74) is 0. The van der Waals surface area contributed by atoms with Gasteiger partial charge in [0.1, 0.15) is 0 Å². The molecule has 0 fully saturated rings. The smallest absolute Gasteiger partial charge is 0.267 e. The van der Waals surface area contributed by atoms with Crippen LogP contribution < -0.4 is 5.32 Å². The minimum atomic E-state index is -0.459. The second kappa shape index (κ2) is 3.45. The Labute approximate surface area is 72.0 Å². The molecule has 0 spiro atoms. The maximum atomic E-state index is 10.8. The quantitative estimate of drug-likeness (QED) is 0.712. The van der Waals surface area contributed by atoms with Gasteiger partial charge in [-0.3, -0.25) is 4.79 Å². The van der Waals surface area contributed by atoms with E-state index in [0.717, 1.165) is 11.5 Å².